The van der Waals surface area contributed by atoms with Crippen LogP contribution < -0.4 is 11.3 Å². The van der Waals surface area contributed by atoms with Gasteiger partial charge in [-0.3, -0.25) is 10.4 Å². The van der Waals surface area contributed by atoms with E-state index in [2.05, 4.69) is 15.3 Å². The molecule has 0 aromatic carbocycles. The summed E-state index contributed by atoms with van der Waals surface area (Å²) in [5.41, 5.74) is 2.55. The number of hydrogen-bond donors (Lipinski definition) is 2. The van der Waals surface area contributed by atoms with Crippen molar-refractivity contribution in [1.82, 2.24) is 10.3 Å². The molecule has 0 bridgehead atoms. The summed E-state index contributed by atoms with van der Waals surface area (Å²) in [6, 6.07) is 0.662. The summed E-state index contributed by atoms with van der Waals surface area (Å²) in [6.45, 7) is 0. The van der Waals surface area contributed by atoms with Crippen molar-refractivity contribution in [2.75, 3.05) is 14.1 Å². The van der Waals surface area contributed by atoms with Crippen LogP contribution in [-0.4, -0.2) is 31.0 Å². The van der Waals surface area contributed by atoms with Gasteiger partial charge >= 0.3 is 0 Å². The van der Waals surface area contributed by atoms with Gasteiger partial charge in [-0.2, -0.15) is 0 Å². The molecule has 0 aromatic heterocycles. The van der Waals surface area contributed by atoms with Crippen molar-refractivity contribution >= 4 is 5.96 Å². The number of guanidine groups is 1. The monoisotopic (exact) mass is 142 g/mol. The molecule has 0 aliphatic heterocycles. The zero-order valence-corrected chi connectivity index (χ0v) is 6.46. The fraction of sp³-hybridized carbons (Fsp3) is 0.833. The molecule has 58 valence electrons. The van der Waals surface area contributed by atoms with E-state index in [1.54, 1.807) is 7.05 Å². The smallest absolute Gasteiger partial charge is 0.208 e. The summed E-state index contributed by atoms with van der Waals surface area (Å²) < 4.78 is 0. The highest BCUT2D eigenvalue weighted by Gasteiger charge is 2.27. The van der Waals surface area contributed by atoms with Gasteiger partial charge in [-0.25, -0.2) is 5.84 Å². The Morgan fingerprint density at radius 1 is 1.70 bits per heavy atom. The van der Waals surface area contributed by atoms with Crippen molar-refractivity contribution in [3.05, 3.63) is 0 Å². The normalized spacial score (nSPS) is 18.9. The Hall–Kier alpha value is -0.770. The molecule has 1 aliphatic carbocycles. The lowest BCUT2D eigenvalue weighted by molar-refractivity contribution is 0.474. The molecule has 0 atom stereocenters. The van der Waals surface area contributed by atoms with Crippen molar-refractivity contribution in [2.24, 2.45) is 10.8 Å². The lowest BCUT2D eigenvalue weighted by Crippen LogP contribution is -2.43. The highest BCUT2D eigenvalue weighted by Crippen LogP contribution is 2.24. The highest BCUT2D eigenvalue weighted by molar-refractivity contribution is 5.79. The average Bonchev–Trinajstić information content (AvgIpc) is 2.71. The second-order valence-corrected chi connectivity index (χ2v) is 2.53. The van der Waals surface area contributed by atoms with Gasteiger partial charge in [0.2, 0.25) is 5.96 Å². The average molecular weight is 142 g/mol. The molecular weight excluding hydrogens is 128 g/mol. The van der Waals surface area contributed by atoms with Crippen LogP contribution in [0.2, 0.25) is 0 Å². The Morgan fingerprint density at radius 3 is 2.60 bits per heavy atom. The molecule has 0 saturated heterocycles. The van der Waals surface area contributed by atoms with Gasteiger partial charge in [0.15, 0.2) is 0 Å². The molecule has 0 amide bonds. The number of rotatable bonds is 1. The van der Waals surface area contributed by atoms with Crippen LogP contribution in [0, 0.1) is 0 Å². The third-order valence-corrected chi connectivity index (χ3v) is 1.77. The predicted octanol–water partition coefficient (Wildman–Crippen LogP) is -0.470. The number of nitrogens with one attached hydrogen (secondary N) is 1. The molecule has 10 heavy (non-hydrogen) atoms. The fourth-order valence-electron chi connectivity index (χ4n) is 0.959. The Kier molecular flexibility index (Phi) is 2.11. The van der Waals surface area contributed by atoms with Gasteiger partial charge in [-0.05, 0) is 12.8 Å². The van der Waals surface area contributed by atoms with E-state index in [9.17, 15) is 0 Å². The molecule has 1 fully saturated rings. The molecule has 0 unspecified atom stereocenters. The van der Waals surface area contributed by atoms with E-state index in [4.69, 9.17) is 5.84 Å². The quantitative estimate of drug-likeness (QED) is 0.225. The molecule has 0 heterocycles. The van der Waals surface area contributed by atoms with Crippen molar-refractivity contribution in [2.45, 2.75) is 18.9 Å². The maximum absolute atomic E-state index is 5.23. The zero-order chi connectivity index (χ0) is 7.56. The standard InChI is InChI=1S/C6H14N4/c1-8-6(9-7)10(2)5-3-4-5/h5H,3-4,7H2,1-2H3,(H,8,9). The minimum Gasteiger partial charge on any atom is -0.342 e. The Bertz CT molecular complexity index is 139. The van der Waals surface area contributed by atoms with Gasteiger partial charge in [-0.15, -0.1) is 0 Å². The van der Waals surface area contributed by atoms with Crippen LogP contribution in [0.3, 0.4) is 0 Å². The van der Waals surface area contributed by atoms with E-state index < -0.39 is 0 Å². The molecule has 3 N–H and O–H groups in total. The van der Waals surface area contributed by atoms with Crippen molar-refractivity contribution in [3.8, 4) is 0 Å². The van der Waals surface area contributed by atoms with Crippen LogP contribution in [0.15, 0.2) is 4.99 Å². The van der Waals surface area contributed by atoms with Crippen LogP contribution >= 0.6 is 0 Å². The van der Waals surface area contributed by atoms with E-state index in [0.717, 1.165) is 5.96 Å². The van der Waals surface area contributed by atoms with Crippen molar-refractivity contribution in [1.29, 1.82) is 0 Å². The van der Waals surface area contributed by atoms with E-state index >= 15 is 0 Å². The molecule has 1 saturated carbocycles. The van der Waals surface area contributed by atoms with E-state index in [0.29, 0.717) is 6.04 Å². The highest BCUT2D eigenvalue weighted by atomic mass is 15.4. The van der Waals surface area contributed by atoms with Gasteiger partial charge < -0.3 is 4.90 Å². The first-order valence-corrected chi connectivity index (χ1v) is 3.46. The third-order valence-electron chi connectivity index (χ3n) is 1.77. The minimum atomic E-state index is 0.662. The lowest BCUT2D eigenvalue weighted by Gasteiger charge is -2.18. The Balaban J connectivity index is 2.43. The molecule has 1 aliphatic rings. The summed E-state index contributed by atoms with van der Waals surface area (Å²) in [5, 5.41) is 0. The summed E-state index contributed by atoms with van der Waals surface area (Å²) in [7, 11) is 3.73. The van der Waals surface area contributed by atoms with Crippen molar-refractivity contribution < 1.29 is 0 Å². The lowest BCUT2D eigenvalue weighted by atomic mass is 10.6. The molecule has 4 heteroatoms. The number of hydrogen-bond acceptors (Lipinski definition) is 2. The topological polar surface area (TPSA) is 53.6 Å². The number of nitrogens with zero attached hydrogens (tertiary/aromatic N) is 2. The summed E-state index contributed by atoms with van der Waals surface area (Å²) >= 11 is 0. The third kappa shape index (κ3) is 1.39. The van der Waals surface area contributed by atoms with Crippen LogP contribution in [0.4, 0.5) is 0 Å². The molecule has 4 nitrogen and oxygen atoms in total. The van der Waals surface area contributed by atoms with Gasteiger partial charge in [0.1, 0.15) is 0 Å². The molecule has 0 radical (unpaired) electrons. The first kappa shape index (κ1) is 7.34. The van der Waals surface area contributed by atoms with Gasteiger partial charge in [0.05, 0.1) is 0 Å². The molecule has 1 rings (SSSR count). The van der Waals surface area contributed by atoms with Gasteiger partial charge in [0, 0.05) is 20.1 Å². The second-order valence-electron chi connectivity index (χ2n) is 2.53. The SMILES string of the molecule is CN=C(NN)N(C)C1CC1. The van der Waals surface area contributed by atoms with Gasteiger partial charge in [0.25, 0.3) is 0 Å². The first-order chi connectivity index (χ1) is 4.79. The van der Waals surface area contributed by atoms with Crippen LogP contribution in [0.1, 0.15) is 12.8 Å². The fourth-order valence-corrected chi connectivity index (χ4v) is 0.959. The molecule has 0 aromatic rings. The Labute approximate surface area is 61.1 Å². The summed E-state index contributed by atoms with van der Waals surface area (Å²) in [6.07, 6.45) is 2.52. The number of hydrazine groups is 1. The van der Waals surface area contributed by atoms with Gasteiger partial charge in [-0.1, -0.05) is 0 Å². The zero-order valence-electron chi connectivity index (χ0n) is 6.46. The molecular formula is C6H14N4. The van der Waals surface area contributed by atoms with Crippen LogP contribution in [-0.2, 0) is 0 Å². The van der Waals surface area contributed by atoms with E-state index in [1.807, 2.05) is 7.05 Å². The van der Waals surface area contributed by atoms with Crippen molar-refractivity contribution in [3.63, 3.8) is 0 Å². The van der Waals surface area contributed by atoms with E-state index in [1.165, 1.54) is 12.8 Å². The maximum atomic E-state index is 5.23. The van der Waals surface area contributed by atoms with E-state index in [-0.39, 0.29) is 0 Å². The summed E-state index contributed by atoms with van der Waals surface area (Å²) in [5.74, 6) is 5.99. The largest absolute Gasteiger partial charge is 0.342 e. The number of nitrogens with two attached hydrogens (primary N) is 1. The van der Waals surface area contributed by atoms with Crippen LogP contribution in [0.25, 0.3) is 0 Å². The van der Waals surface area contributed by atoms with Crippen LogP contribution in [0.5, 0.6) is 0 Å². The minimum absolute atomic E-state index is 0.662. The second kappa shape index (κ2) is 2.88. The first-order valence-electron chi connectivity index (χ1n) is 3.46. The maximum Gasteiger partial charge on any atom is 0.208 e. The summed E-state index contributed by atoms with van der Waals surface area (Å²) in [4.78, 5) is 6.04. The Morgan fingerprint density at radius 2 is 2.30 bits per heavy atom. The number of aliphatic imine (C=N–C) groups is 1. The molecule has 0 spiro atoms. The predicted molar refractivity (Wildman–Crippen MR) is 41.5 cm³/mol.